The van der Waals surface area contributed by atoms with E-state index in [1.807, 2.05) is 0 Å². The quantitative estimate of drug-likeness (QED) is 0.689. The van der Waals surface area contributed by atoms with Gasteiger partial charge in [0.15, 0.2) is 5.78 Å². The van der Waals surface area contributed by atoms with Crippen molar-refractivity contribution in [1.29, 1.82) is 0 Å². The minimum absolute atomic E-state index is 0.149. The lowest BCUT2D eigenvalue weighted by molar-refractivity contribution is -0.134. The van der Waals surface area contributed by atoms with Gasteiger partial charge in [0.2, 0.25) is 0 Å². The van der Waals surface area contributed by atoms with Gasteiger partial charge in [-0.05, 0) is 24.4 Å². The lowest BCUT2D eigenvalue weighted by Gasteiger charge is -1.99. The highest BCUT2D eigenvalue weighted by molar-refractivity contribution is 7.19. The van der Waals surface area contributed by atoms with Gasteiger partial charge in [0, 0.05) is 10.3 Å². The van der Waals surface area contributed by atoms with Crippen LogP contribution >= 0.6 is 11.3 Å². The summed E-state index contributed by atoms with van der Waals surface area (Å²) >= 11 is 0.659. The second-order valence-corrected chi connectivity index (χ2v) is 4.50. The number of Topliss-reactive ketones (excluding diaryl/α,β-unsaturated/α-hetero) is 1. The summed E-state index contributed by atoms with van der Waals surface area (Å²) in [5.41, 5.74) is 0.433. The first kappa shape index (κ1) is 11.1. The fourth-order valence-electron chi connectivity index (χ4n) is 1.39. The van der Waals surface area contributed by atoms with E-state index >= 15 is 0 Å². The first-order valence-electron chi connectivity index (χ1n) is 4.49. The topological polar surface area (TPSA) is 17.1 Å². The van der Waals surface area contributed by atoms with E-state index in [4.69, 9.17) is 0 Å². The summed E-state index contributed by atoms with van der Waals surface area (Å²) < 4.78 is 37.8. The van der Waals surface area contributed by atoms with Gasteiger partial charge in [-0.3, -0.25) is 4.79 Å². The highest BCUT2D eigenvalue weighted by atomic mass is 32.1. The van der Waals surface area contributed by atoms with E-state index in [1.54, 1.807) is 0 Å². The molecule has 0 atom stereocenters. The molecule has 0 aliphatic rings. The van der Waals surface area contributed by atoms with Crippen LogP contribution < -0.4 is 0 Å². The molecule has 0 bridgehead atoms. The molecule has 0 saturated carbocycles. The number of rotatable bonds is 1. The monoisotopic (exact) mass is 244 g/mol. The lowest BCUT2D eigenvalue weighted by atomic mass is 10.1. The van der Waals surface area contributed by atoms with Crippen LogP contribution in [0.3, 0.4) is 0 Å². The van der Waals surface area contributed by atoms with E-state index in [0.29, 0.717) is 27.0 Å². The maximum absolute atomic E-state index is 12.4. The molecule has 0 N–H and O–H groups in total. The molecule has 0 aliphatic carbocycles. The molecule has 1 heterocycles. The summed E-state index contributed by atoms with van der Waals surface area (Å²) in [7, 11) is 0. The number of halogens is 3. The molecule has 0 spiro atoms. The van der Waals surface area contributed by atoms with Crippen LogP contribution in [0.15, 0.2) is 24.3 Å². The maximum Gasteiger partial charge on any atom is 0.425 e. The molecule has 0 amide bonds. The van der Waals surface area contributed by atoms with Gasteiger partial charge in [0.05, 0.1) is 0 Å². The normalized spacial score (nSPS) is 12.0. The van der Waals surface area contributed by atoms with Crippen LogP contribution in [-0.4, -0.2) is 5.78 Å². The number of alkyl halides is 3. The van der Waals surface area contributed by atoms with Gasteiger partial charge in [-0.1, -0.05) is 12.1 Å². The van der Waals surface area contributed by atoms with Crippen molar-refractivity contribution >= 4 is 27.2 Å². The van der Waals surface area contributed by atoms with E-state index in [2.05, 4.69) is 0 Å². The summed E-state index contributed by atoms with van der Waals surface area (Å²) in [6, 6.07) is 5.68. The first-order chi connectivity index (χ1) is 7.38. The number of hydrogen-bond donors (Lipinski definition) is 0. The summed E-state index contributed by atoms with van der Waals surface area (Å²) in [6.45, 7) is 1.39. The minimum atomic E-state index is -4.32. The third-order valence-corrected chi connectivity index (χ3v) is 3.35. The summed E-state index contributed by atoms with van der Waals surface area (Å²) in [5, 5.41) is 0.516. The van der Waals surface area contributed by atoms with Gasteiger partial charge in [-0.15, -0.1) is 11.3 Å². The zero-order valence-corrected chi connectivity index (χ0v) is 9.08. The van der Waals surface area contributed by atoms with Crippen molar-refractivity contribution in [3.05, 3.63) is 34.7 Å². The smallest absolute Gasteiger partial charge is 0.295 e. The second-order valence-electron chi connectivity index (χ2n) is 3.42. The SMILES string of the molecule is CC(=O)c1ccc2cc(C(F)(F)F)sc2c1. The number of carbonyl (C=O) groups is 1. The maximum atomic E-state index is 12.4. The van der Waals surface area contributed by atoms with Crippen molar-refractivity contribution in [3.63, 3.8) is 0 Å². The first-order valence-corrected chi connectivity index (χ1v) is 5.31. The van der Waals surface area contributed by atoms with E-state index in [9.17, 15) is 18.0 Å². The van der Waals surface area contributed by atoms with Gasteiger partial charge < -0.3 is 0 Å². The zero-order chi connectivity index (χ0) is 11.9. The Bertz CT molecular complexity index is 554. The summed E-state index contributed by atoms with van der Waals surface area (Å²) in [5.74, 6) is -0.149. The lowest BCUT2D eigenvalue weighted by Crippen LogP contribution is -2.00. The van der Waals surface area contributed by atoms with Gasteiger partial charge in [-0.25, -0.2) is 0 Å². The molecule has 0 saturated heterocycles. The predicted octanol–water partition coefficient (Wildman–Crippen LogP) is 4.12. The molecule has 0 fully saturated rings. The largest absolute Gasteiger partial charge is 0.425 e. The van der Waals surface area contributed by atoms with Crippen molar-refractivity contribution < 1.29 is 18.0 Å². The minimum Gasteiger partial charge on any atom is -0.295 e. The molecule has 1 nitrogen and oxygen atoms in total. The Morgan fingerprint density at radius 3 is 2.50 bits per heavy atom. The van der Waals surface area contributed by atoms with Crippen LogP contribution in [0.5, 0.6) is 0 Å². The molecule has 1 aromatic heterocycles. The fraction of sp³-hybridized carbons (Fsp3) is 0.182. The van der Waals surface area contributed by atoms with E-state index in [-0.39, 0.29) is 5.78 Å². The Balaban J connectivity index is 2.59. The van der Waals surface area contributed by atoms with Crippen molar-refractivity contribution in [2.45, 2.75) is 13.1 Å². The number of carbonyl (C=O) groups excluding carboxylic acids is 1. The van der Waals surface area contributed by atoms with Gasteiger partial charge >= 0.3 is 6.18 Å². The number of hydrogen-bond acceptors (Lipinski definition) is 2. The van der Waals surface area contributed by atoms with Gasteiger partial charge in [0.1, 0.15) is 4.88 Å². The molecular formula is C11H7F3OS. The van der Waals surface area contributed by atoms with Crippen molar-refractivity contribution in [2.75, 3.05) is 0 Å². The molecule has 16 heavy (non-hydrogen) atoms. The van der Waals surface area contributed by atoms with Crippen LogP contribution in [-0.2, 0) is 6.18 Å². The van der Waals surface area contributed by atoms with E-state index < -0.39 is 11.1 Å². The van der Waals surface area contributed by atoms with Crippen molar-refractivity contribution in [1.82, 2.24) is 0 Å². The van der Waals surface area contributed by atoms with Gasteiger partial charge in [0.25, 0.3) is 0 Å². The van der Waals surface area contributed by atoms with Crippen LogP contribution in [0.2, 0.25) is 0 Å². The zero-order valence-electron chi connectivity index (χ0n) is 8.26. The molecule has 5 heteroatoms. The Kier molecular flexibility index (Phi) is 2.50. The molecule has 84 valence electrons. The Morgan fingerprint density at radius 1 is 1.25 bits per heavy atom. The van der Waals surface area contributed by atoms with E-state index in [1.165, 1.54) is 25.1 Å². The molecule has 0 radical (unpaired) electrons. The number of thiophene rings is 1. The second kappa shape index (κ2) is 3.59. The predicted molar refractivity (Wildman–Crippen MR) is 56.8 cm³/mol. The number of benzene rings is 1. The third-order valence-electron chi connectivity index (χ3n) is 2.21. The van der Waals surface area contributed by atoms with Crippen LogP contribution in [0, 0.1) is 0 Å². The highest BCUT2D eigenvalue weighted by Crippen LogP contribution is 2.38. The number of ketones is 1. The average molecular weight is 244 g/mol. The molecule has 0 unspecified atom stereocenters. The van der Waals surface area contributed by atoms with Crippen LogP contribution in [0.4, 0.5) is 13.2 Å². The molecular weight excluding hydrogens is 237 g/mol. The van der Waals surface area contributed by atoms with Crippen molar-refractivity contribution in [3.8, 4) is 0 Å². The third kappa shape index (κ3) is 1.95. The Morgan fingerprint density at radius 2 is 1.94 bits per heavy atom. The Labute approximate surface area is 93.5 Å². The summed E-state index contributed by atoms with van der Waals surface area (Å²) in [4.78, 5) is 10.4. The molecule has 0 aliphatic heterocycles. The van der Waals surface area contributed by atoms with Crippen molar-refractivity contribution in [2.24, 2.45) is 0 Å². The highest BCUT2D eigenvalue weighted by Gasteiger charge is 2.32. The molecule has 1 aromatic carbocycles. The molecule has 2 aromatic rings. The van der Waals surface area contributed by atoms with Crippen LogP contribution in [0.1, 0.15) is 22.2 Å². The molecule has 2 rings (SSSR count). The Hall–Kier alpha value is -1.36. The average Bonchev–Trinajstić information content (AvgIpc) is 2.58. The summed E-state index contributed by atoms with van der Waals surface area (Å²) in [6.07, 6.45) is -4.32. The fourth-order valence-corrected chi connectivity index (χ4v) is 2.36. The van der Waals surface area contributed by atoms with E-state index in [0.717, 1.165) is 6.07 Å². The van der Waals surface area contributed by atoms with Crippen LogP contribution in [0.25, 0.3) is 10.1 Å². The van der Waals surface area contributed by atoms with Gasteiger partial charge in [-0.2, -0.15) is 13.2 Å². The number of fused-ring (bicyclic) bond motifs is 1. The standard InChI is InChI=1S/C11H7F3OS/c1-6(15)7-2-3-8-5-10(11(12,13)14)16-9(8)4-7/h2-5H,1H3.